The Kier molecular flexibility index (Phi) is 8.06. The Morgan fingerprint density at radius 1 is 1.14 bits per heavy atom. The SMILES string of the molecule is CC(C)(C)[C@H](c1c(O)cc(F)cc1F)N1CCNCC1.Cl.Cl. The van der Waals surface area contributed by atoms with Crippen molar-refractivity contribution in [2.24, 2.45) is 5.41 Å². The molecule has 1 fully saturated rings. The number of nitrogens with one attached hydrogen (secondary N) is 1. The van der Waals surface area contributed by atoms with E-state index in [0.29, 0.717) is 0 Å². The molecule has 0 aromatic heterocycles. The number of halogens is 4. The number of hydrogen-bond donors (Lipinski definition) is 2. The number of hydrogen-bond acceptors (Lipinski definition) is 3. The van der Waals surface area contributed by atoms with Crippen molar-refractivity contribution in [3.05, 3.63) is 29.3 Å². The quantitative estimate of drug-likeness (QED) is 0.850. The lowest BCUT2D eigenvalue weighted by molar-refractivity contribution is 0.0812. The minimum absolute atomic E-state index is 0. The lowest BCUT2D eigenvalue weighted by Crippen LogP contribution is -2.48. The molecule has 2 rings (SSSR count). The Bertz CT molecular complexity index is 466. The highest BCUT2D eigenvalue weighted by Gasteiger charge is 2.36. The van der Waals surface area contributed by atoms with Crippen LogP contribution < -0.4 is 5.32 Å². The Labute approximate surface area is 142 Å². The monoisotopic (exact) mass is 356 g/mol. The fourth-order valence-electron chi connectivity index (χ4n) is 2.95. The van der Waals surface area contributed by atoms with Gasteiger partial charge in [-0.15, -0.1) is 24.8 Å². The summed E-state index contributed by atoms with van der Waals surface area (Å²) in [4.78, 5) is 2.15. The number of phenols is 1. The van der Waals surface area contributed by atoms with Crippen LogP contribution in [0.25, 0.3) is 0 Å². The second kappa shape index (κ2) is 8.29. The van der Waals surface area contributed by atoms with Gasteiger partial charge in [0.05, 0.1) is 0 Å². The van der Waals surface area contributed by atoms with E-state index in [1.165, 1.54) is 0 Å². The molecule has 2 N–H and O–H groups in total. The normalized spacial score (nSPS) is 17.3. The molecule has 1 aliphatic heterocycles. The van der Waals surface area contributed by atoms with E-state index in [2.05, 4.69) is 10.2 Å². The van der Waals surface area contributed by atoms with E-state index in [1.807, 2.05) is 20.8 Å². The zero-order valence-corrected chi connectivity index (χ0v) is 14.7. The lowest BCUT2D eigenvalue weighted by atomic mass is 9.80. The standard InChI is InChI=1S/C15H22F2N2O.2ClH/c1-15(2,3)14(19-6-4-18-5-7-19)13-11(17)8-10(16)9-12(13)20;;/h8-9,14,18,20H,4-7H2,1-3H3;2*1H/t14-;;/m0../s1. The zero-order chi connectivity index (χ0) is 14.9. The minimum Gasteiger partial charge on any atom is -0.507 e. The molecule has 0 saturated carbocycles. The van der Waals surface area contributed by atoms with Gasteiger partial charge in [0.25, 0.3) is 0 Å². The van der Waals surface area contributed by atoms with Gasteiger partial charge in [-0.2, -0.15) is 0 Å². The van der Waals surface area contributed by atoms with Gasteiger partial charge < -0.3 is 10.4 Å². The summed E-state index contributed by atoms with van der Waals surface area (Å²) in [7, 11) is 0. The number of nitrogens with zero attached hydrogens (tertiary/aromatic N) is 1. The summed E-state index contributed by atoms with van der Waals surface area (Å²) in [5, 5.41) is 13.3. The maximum Gasteiger partial charge on any atom is 0.134 e. The van der Waals surface area contributed by atoms with Gasteiger partial charge in [-0.05, 0) is 5.41 Å². The van der Waals surface area contributed by atoms with Gasteiger partial charge in [-0.25, -0.2) is 8.78 Å². The Morgan fingerprint density at radius 3 is 2.14 bits per heavy atom. The van der Waals surface area contributed by atoms with Crippen LogP contribution in [0.1, 0.15) is 32.4 Å². The highest BCUT2D eigenvalue weighted by Crippen LogP contribution is 2.43. The lowest BCUT2D eigenvalue weighted by Gasteiger charge is -2.42. The van der Waals surface area contributed by atoms with Crippen molar-refractivity contribution >= 4 is 24.8 Å². The molecule has 3 nitrogen and oxygen atoms in total. The van der Waals surface area contributed by atoms with Gasteiger partial charge in [-0.3, -0.25) is 4.90 Å². The molecular formula is C15H24Cl2F2N2O. The fraction of sp³-hybridized carbons (Fsp3) is 0.600. The third kappa shape index (κ3) is 4.69. The molecule has 1 aromatic carbocycles. The van der Waals surface area contributed by atoms with Gasteiger partial charge in [-0.1, -0.05) is 20.8 Å². The second-order valence-corrected chi connectivity index (χ2v) is 6.37. The summed E-state index contributed by atoms with van der Waals surface area (Å²) < 4.78 is 27.4. The smallest absolute Gasteiger partial charge is 0.134 e. The average Bonchev–Trinajstić information content (AvgIpc) is 2.33. The molecule has 0 bridgehead atoms. The van der Waals surface area contributed by atoms with Crippen LogP contribution in [-0.2, 0) is 0 Å². The van der Waals surface area contributed by atoms with Crippen LogP contribution in [-0.4, -0.2) is 36.2 Å². The van der Waals surface area contributed by atoms with Crippen LogP contribution in [0.15, 0.2) is 12.1 Å². The van der Waals surface area contributed by atoms with E-state index in [1.54, 1.807) is 0 Å². The highest BCUT2D eigenvalue weighted by atomic mass is 35.5. The molecule has 1 saturated heterocycles. The maximum absolute atomic E-state index is 14.2. The second-order valence-electron chi connectivity index (χ2n) is 6.37. The van der Waals surface area contributed by atoms with Crippen molar-refractivity contribution in [3.63, 3.8) is 0 Å². The van der Waals surface area contributed by atoms with Crippen molar-refractivity contribution < 1.29 is 13.9 Å². The first-order valence-corrected chi connectivity index (χ1v) is 6.93. The molecule has 1 aliphatic rings. The van der Waals surface area contributed by atoms with E-state index in [-0.39, 0.29) is 47.6 Å². The van der Waals surface area contributed by atoms with E-state index in [4.69, 9.17) is 0 Å². The van der Waals surface area contributed by atoms with Crippen LogP contribution in [0.5, 0.6) is 5.75 Å². The summed E-state index contributed by atoms with van der Waals surface area (Å²) in [5.41, 5.74) is -0.0752. The molecule has 22 heavy (non-hydrogen) atoms. The molecule has 1 aromatic rings. The van der Waals surface area contributed by atoms with Crippen molar-refractivity contribution in [1.82, 2.24) is 10.2 Å². The Morgan fingerprint density at radius 2 is 1.68 bits per heavy atom. The van der Waals surface area contributed by atoms with Gasteiger partial charge >= 0.3 is 0 Å². The molecule has 1 heterocycles. The molecule has 0 aliphatic carbocycles. The molecular weight excluding hydrogens is 333 g/mol. The van der Waals surface area contributed by atoms with Crippen LogP contribution in [0.4, 0.5) is 8.78 Å². The number of rotatable bonds is 2. The summed E-state index contributed by atoms with van der Waals surface area (Å²) in [6.45, 7) is 9.22. The molecule has 0 spiro atoms. The summed E-state index contributed by atoms with van der Waals surface area (Å²) in [5.74, 6) is -1.74. The first-order chi connectivity index (χ1) is 9.30. The third-order valence-electron chi connectivity index (χ3n) is 3.68. The predicted octanol–water partition coefficient (Wildman–Crippen LogP) is 3.51. The number of benzene rings is 1. The van der Waals surface area contributed by atoms with Crippen molar-refractivity contribution in [2.75, 3.05) is 26.2 Å². The molecule has 0 radical (unpaired) electrons. The molecule has 128 valence electrons. The molecule has 1 atom stereocenters. The van der Waals surface area contributed by atoms with E-state index in [9.17, 15) is 13.9 Å². The zero-order valence-electron chi connectivity index (χ0n) is 13.0. The first-order valence-electron chi connectivity index (χ1n) is 6.93. The third-order valence-corrected chi connectivity index (χ3v) is 3.68. The summed E-state index contributed by atoms with van der Waals surface area (Å²) in [6.07, 6.45) is 0. The van der Waals surface area contributed by atoms with Crippen molar-refractivity contribution in [1.29, 1.82) is 0 Å². The number of phenolic OH excluding ortho intramolecular Hbond substituents is 1. The predicted molar refractivity (Wildman–Crippen MR) is 89.2 cm³/mol. The van der Waals surface area contributed by atoms with E-state index < -0.39 is 11.6 Å². The average molecular weight is 357 g/mol. The van der Waals surface area contributed by atoms with Crippen molar-refractivity contribution in [3.8, 4) is 5.75 Å². The van der Waals surface area contributed by atoms with Crippen LogP contribution in [0.3, 0.4) is 0 Å². The Balaban J connectivity index is 0.00000220. The van der Waals surface area contributed by atoms with E-state index >= 15 is 0 Å². The maximum atomic E-state index is 14.2. The van der Waals surface area contributed by atoms with Crippen molar-refractivity contribution in [2.45, 2.75) is 26.8 Å². The van der Waals surface area contributed by atoms with Gasteiger partial charge in [0.15, 0.2) is 0 Å². The van der Waals surface area contributed by atoms with Gasteiger partial charge in [0, 0.05) is 49.9 Å². The fourth-order valence-corrected chi connectivity index (χ4v) is 2.95. The number of aromatic hydroxyl groups is 1. The molecule has 0 unspecified atom stereocenters. The number of piperazine rings is 1. The summed E-state index contributed by atoms with van der Waals surface area (Å²) in [6, 6.07) is 1.54. The molecule has 7 heteroatoms. The molecule has 0 amide bonds. The van der Waals surface area contributed by atoms with E-state index in [0.717, 1.165) is 38.3 Å². The Hall–Kier alpha value is -0.620. The van der Waals surface area contributed by atoms with Crippen LogP contribution >= 0.6 is 24.8 Å². The van der Waals surface area contributed by atoms with Crippen LogP contribution in [0, 0.1) is 17.0 Å². The highest BCUT2D eigenvalue weighted by molar-refractivity contribution is 5.85. The summed E-state index contributed by atoms with van der Waals surface area (Å²) >= 11 is 0. The largest absolute Gasteiger partial charge is 0.507 e. The topological polar surface area (TPSA) is 35.5 Å². The van der Waals surface area contributed by atoms with Gasteiger partial charge in [0.1, 0.15) is 17.4 Å². The first kappa shape index (κ1) is 21.4. The van der Waals surface area contributed by atoms with Gasteiger partial charge in [0.2, 0.25) is 0 Å². The minimum atomic E-state index is -0.753. The van der Waals surface area contributed by atoms with Crippen LogP contribution in [0.2, 0.25) is 0 Å².